The molecule has 0 aliphatic rings. The molecule has 0 unspecified atom stereocenters. The second kappa shape index (κ2) is 9.40. The van der Waals surface area contributed by atoms with E-state index in [4.69, 9.17) is 16.1 Å². The van der Waals surface area contributed by atoms with E-state index in [1.54, 1.807) is 12.1 Å². The first-order valence-electron chi connectivity index (χ1n) is 8.99. The number of benzene rings is 2. The molecule has 2 N–H and O–H groups in total. The van der Waals surface area contributed by atoms with Gasteiger partial charge in [-0.2, -0.15) is 0 Å². The topological polar surface area (TPSA) is 111 Å². The number of nitrogens with zero attached hydrogens (tertiary/aromatic N) is 1. The molecule has 0 radical (unpaired) electrons. The molecular weight excluding hydrogens is 429 g/mol. The number of carbonyl (C=O) groups is 3. The quantitative estimate of drug-likeness (QED) is 0.561. The van der Waals surface area contributed by atoms with Gasteiger partial charge in [0.2, 0.25) is 0 Å². The molecule has 0 saturated heterocycles. The predicted molar refractivity (Wildman–Crippen MR) is 110 cm³/mol. The lowest BCUT2D eigenvalue weighted by atomic mass is 10.0. The predicted octanol–water partition coefficient (Wildman–Crippen LogP) is 3.60. The van der Waals surface area contributed by atoms with Crippen LogP contribution in [-0.2, 0) is 9.53 Å². The summed E-state index contributed by atoms with van der Waals surface area (Å²) in [6.07, 6.45) is 0. The molecule has 2 amide bonds. The lowest BCUT2D eigenvalue weighted by Crippen LogP contribution is -2.30. The minimum atomic E-state index is -0.654. The third kappa shape index (κ3) is 4.89. The summed E-state index contributed by atoms with van der Waals surface area (Å²) in [6.45, 7) is 1.22. The first-order valence-corrected chi connectivity index (χ1v) is 9.36. The Morgan fingerprint density at radius 1 is 1.16 bits per heavy atom. The molecule has 0 aliphatic carbocycles. The molecule has 0 spiro atoms. The number of aromatic nitrogens is 1. The summed E-state index contributed by atoms with van der Waals surface area (Å²) >= 11 is 6.10. The molecule has 1 heterocycles. The fourth-order valence-electron chi connectivity index (χ4n) is 2.79. The van der Waals surface area contributed by atoms with Gasteiger partial charge in [0.05, 0.1) is 17.7 Å². The van der Waals surface area contributed by atoms with Crippen LogP contribution in [0.3, 0.4) is 0 Å². The summed E-state index contributed by atoms with van der Waals surface area (Å²) in [5, 5.41) is 8.90. The number of anilines is 1. The Morgan fingerprint density at radius 3 is 2.61 bits per heavy atom. The number of halogens is 2. The Labute approximate surface area is 181 Å². The SMILES string of the molecule is COC(=O)CNC(=O)c1cccc(NC(=O)c2c(-c3c(F)cccc3Cl)noc2C)c1. The highest BCUT2D eigenvalue weighted by Crippen LogP contribution is 2.33. The van der Waals surface area contributed by atoms with Crippen molar-refractivity contribution in [3.05, 3.63) is 70.2 Å². The molecular formula is C21H17ClFN3O5. The van der Waals surface area contributed by atoms with Crippen molar-refractivity contribution in [1.82, 2.24) is 10.5 Å². The van der Waals surface area contributed by atoms with E-state index < -0.39 is 23.6 Å². The van der Waals surface area contributed by atoms with Crippen LogP contribution in [0.1, 0.15) is 26.5 Å². The van der Waals surface area contributed by atoms with Gasteiger partial charge in [0.1, 0.15) is 29.4 Å². The van der Waals surface area contributed by atoms with Gasteiger partial charge in [0.15, 0.2) is 0 Å². The highest BCUT2D eigenvalue weighted by molar-refractivity contribution is 6.33. The van der Waals surface area contributed by atoms with Gasteiger partial charge < -0.3 is 19.9 Å². The molecule has 0 atom stereocenters. The zero-order valence-electron chi connectivity index (χ0n) is 16.5. The lowest BCUT2D eigenvalue weighted by Gasteiger charge is -2.09. The van der Waals surface area contributed by atoms with E-state index in [1.807, 2.05) is 0 Å². The lowest BCUT2D eigenvalue weighted by molar-refractivity contribution is -0.139. The number of methoxy groups -OCH3 is 1. The monoisotopic (exact) mass is 445 g/mol. The highest BCUT2D eigenvalue weighted by Gasteiger charge is 2.25. The summed E-state index contributed by atoms with van der Waals surface area (Å²) in [4.78, 5) is 36.3. The molecule has 3 aromatic rings. The largest absolute Gasteiger partial charge is 0.468 e. The zero-order chi connectivity index (χ0) is 22.5. The van der Waals surface area contributed by atoms with Gasteiger partial charge in [-0.15, -0.1) is 0 Å². The van der Waals surface area contributed by atoms with E-state index in [0.29, 0.717) is 5.69 Å². The highest BCUT2D eigenvalue weighted by atomic mass is 35.5. The van der Waals surface area contributed by atoms with Crippen LogP contribution >= 0.6 is 11.6 Å². The number of esters is 1. The number of aryl methyl sites for hydroxylation is 1. The Balaban J connectivity index is 1.84. The van der Waals surface area contributed by atoms with Crippen molar-refractivity contribution in [2.45, 2.75) is 6.92 Å². The van der Waals surface area contributed by atoms with Gasteiger partial charge in [-0.05, 0) is 37.3 Å². The second-order valence-electron chi connectivity index (χ2n) is 6.35. The summed E-state index contributed by atoms with van der Waals surface area (Å²) in [6, 6.07) is 10.2. The maximum Gasteiger partial charge on any atom is 0.325 e. The Bertz CT molecular complexity index is 1140. The maximum absolute atomic E-state index is 14.3. The summed E-state index contributed by atoms with van der Waals surface area (Å²) in [7, 11) is 1.21. The molecule has 0 saturated carbocycles. The van der Waals surface area contributed by atoms with Gasteiger partial charge >= 0.3 is 5.97 Å². The average Bonchev–Trinajstić information content (AvgIpc) is 3.12. The molecule has 2 aromatic carbocycles. The first-order chi connectivity index (χ1) is 14.8. The van der Waals surface area contributed by atoms with Crippen LogP contribution in [0.2, 0.25) is 5.02 Å². The van der Waals surface area contributed by atoms with E-state index in [2.05, 4.69) is 20.5 Å². The minimum absolute atomic E-state index is 0.00699. The van der Waals surface area contributed by atoms with E-state index in [9.17, 15) is 18.8 Å². The Kier molecular flexibility index (Phi) is 6.66. The standard InChI is InChI=1S/C21H17ClFN3O5/c1-11-17(19(26-31-11)18-14(22)7-4-8-15(18)23)21(29)25-13-6-3-5-12(9-13)20(28)24-10-16(27)30-2/h3-9H,10H2,1-2H3,(H,24,28)(H,25,29). The number of amides is 2. The van der Waals surface area contributed by atoms with E-state index in [1.165, 1.54) is 44.4 Å². The van der Waals surface area contributed by atoms with Gasteiger partial charge in [-0.3, -0.25) is 14.4 Å². The normalized spacial score (nSPS) is 10.5. The molecule has 160 valence electrons. The van der Waals surface area contributed by atoms with Crippen LogP contribution in [-0.4, -0.2) is 36.6 Å². The van der Waals surface area contributed by atoms with Gasteiger partial charge in [-0.1, -0.05) is 28.9 Å². The molecule has 0 fully saturated rings. The first kappa shape index (κ1) is 22.0. The third-order valence-electron chi connectivity index (χ3n) is 4.29. The molecule has 31 heavy (non-hydrogen) atoms. The molecule has 0 bridgehead atoms. The van der Waals surface area contributed by atoms with Crippen LogP contribution < -0.4 is 10.6 Å². The van der Waals surface area contributed by atoms with Crippen molar-refractivity contribution in [2.24, 2.45) is 0 Å². The van der Waals surface area contributed by atoms with Gasteiger partial charge in [-0.25, -0.2) is 4.39 Å². The minimum Gasteiger partial charge on any atom is -0.468 e. The van der Waals surface area contributed by atoms with Crippen molar-refractivity contribution >= 4 is 35.1 Å². The van der Waals surface area contributed by atoms with E-state index >= 15 is 0 Å². The van der Waals surface area contributed by atoms with Crippen molar-refractivity contribution in [2.75, 3.05) is 19.0 Å². The summed E-state index contributed by atoms with van der Waals surface area (Å²) in [5.74, 6) is -2.24. The molecule has 1 aromatic heterocycles. The Hall–Kier alpha value is -3.72. The smallest absolute Gasteiger partial charge is 0.325 e. The van der Waals surface area contributed by atoms with Crippen LogP contribution in [0, 0.1) is 12.7 Å². The number of ether oxygens (including phenoxy) is 1. The average molecular weight is 446 g/mol. The van der Waals surface area contributed by atoms with Gasteiger partial charge in [0.25, 0.3) is 11.8 Å². The molecule has 0 aliphatic heterocycles. The van der Waals surface area contributed by atoms with Crippen LogP contribution in [0.15, 0.2) is 47.0 Å². The van der Waals surface area contributed by atoms with E-state index in [0.717, 1.165) is 0 Å². The fraction of sp³-hybridized carbons (Fsp3) is 0.143. The number of rotatable bonds is 6. The van der Waals surface area contributed by atoms with Crippen molar-refractivity contribution in [1.29, 1.82) is 0 Å². The number of hydrogen-bond acceptors (Lipinski definition) is 6. The maximum atomic E-state index is 14.3. The van der Waals surface area contributed by atoms with Crippen LogP contribution in [0.5, 0.6) is 0 Å². The van der Waals surface area contributed by atoms with Gasteiger partial charge in [0, 0.05) is 11.3 Å². The van der Waals surface area contributed by atoms with Crippen LogP contribution in [0.25, 0.3) is 11.3 Å². The molecule has 8 nitrogen and oxygen atoms in total. The fourth-order valence-corrected chi connectivity index (χ4v) is 3.05. The summed E-state index contributed by atoms with van der Waals surface area (Å²) in [5.41, 5.74) is 0.419. The number of nitrogens with one attached hydrogen (secondary N) is 2. The van der Waals surface area contributed by atoms with Crippen molar-refractivity contribution in [3.63, 3.8) is 0 Å². The second-order valence-corrected chi connectivity index (χ2v) is 6.76. The number of carbonyl (C=O) groups excluding carboxylic acids is 3. The third-order valence-corrected chi connectivity index (χ3v) is 4.61. The summed E-state index contributed by atoms with van der Waals surface area (Å²) < 4.78 is 23.9. The van der Waals surface area contributed by atoms with Crippen molar-refractivity contribution < 1.29 is 28.0 Å². The number of hydrogen-bond donors (Lipinski definition) is 2. The molecule has 3 rings (SSSR count). The zero-order valence-corrected chi connectivity index (χ0v) is 17.2. The van der Waals surface area contributed by atoms with Crippen LogP contribution in [0.4, 0.5) is 10.1 Å². The van der Waals surface area contributed by atoms with E-state index in [-0.39, 0.29) is 39.7 Å². The Morgan fingerprint density at radius 2 is 1.90 bits per heavy atom. The molecule has 10 heteroatoms. The van der Waals surface area contributed by atoms with Crippen molar-refractivity contribution in [3.8, 4) is 11.3 Å².